The Morgan fingerprint density at radius 3 is 3.00 bits per heavy atom. The Bertz CT molecular complexity index is 308. The lowest BCUT2D eigenvalue weighted by Gasteiger charge is -2.12. The summed E-state index contributed by atoms with van der Waals surface area (Å²) in [6.45, 7) is 2.84. The van der Waals surface area contributed by atoms with Crippen molar-refractivity contribution in [2.75, 3.05) is 0 Å². The van der Waals surface area contributed by atoms with Crippen LogP contribution < -0.4 is 5.48 Å². The standard InChI is InChI=1S/C12H18N2O/c1-10-6-7-13-8-11(10)9-14-15-12-4-2-3-5-12/h6-8,12,14H,2-5,9H2,1H3. The highest BCUT2D eigenvalue weighted by molar-refractivity contribution is 5.20. The molecular formula is C12H18N2O. The first-order chi connectivity index (χ1) is 7.36. The summed E-state index contributed by atoms with van der Waals surface area (Å²) in [7, 11) is 0. The number of hydrogen-bond acceptors (Lipinski definition) is 3. The van der Waals surface area contributed by atoms with Crippen molar-refractivity contribution in [3.63, 3.8) is 0 Å². The molecule has 0 bridgehead atoms. The summed E-state index contributed by atoms with van der Waals surface area (Å²) in [6, 6.07) is 2.02. The van der Waals surface area contributed by atoms with E-state index in [0.29, 0.717) is 6.10 Å². The Hall–Kier alpha value is -0.930. The van der Waals surface area contributed by atoms with Crippen molar-refractivity contribution in [2.24, 2.45) is 0 Å². The topological polar surface area (TPSA) is 34.2 Å². The molecule has 1 aromatic heterocycles. The molecule has 1 fully saturated rings. The molecule has 0 aromatic carbocycles. The third-order valence-electron chi connectivity index (χ3n) is 2.96. The summed E-state index contributed by atoms with van der Waals surface area (Å²) >= 11 is 0. The maximum atomic E-state index is 5.58. The molecule has 1 saturated carbocycles. The Labute approximate surface area is 90.8 Å². The zero-order valence-corrected chi connectivity index (χ0v) is 9.20. The number of nitrogens with one attached hydrogen (secondary N) is 1. The zero-order chi connectivity index (χ0) is 10.5. The summed E-state index contributed by atoms with van der Waals surface area (Å²) in [6.07, 6.45) is 9.12. The average Bonchev–Trinajstić information content (AvgIpc) is 2.74. The van der Waals surface area contributed by atoms with Crippen LogP contribution in [-0.4, -0.2) is 11.1 Å². The molecule has 1 aliphatic rings. The zero-order valence-electron chi connectivity index (χ0n) is 9.20. The molecule has 0 atom stereocenters. The van der Waals surface area contributed by atoms with Crippen LogP contribution >= 0.6 is 0 Å². The molecule has 0 saturated heterocycles. The highest BCUT2D eigenvalue weighted by Crippen LogP contribution is 2.20. The van der Waals surface area contributed by atoms with Gasteiger partial charge in [-0.15, -0.1) is 0 Å². The summed E-state index contributed by atoms with van der Waals surface area (Å²) in [5, 5.41) is 0. The van der Waals surface area contributed by atoms with Gasteiger partial charge in [-0.2, -0.15) is 5.48 Å². The second kappa shape index (κ2) is 5.24. The van der Waals surface area contributed by atoms with Crippen LogP contribution in [0.3, 0.4) is 0 Å². The molecule has 0 aliphatic heterocycles. The summed E-state index contributed by atoms with van der Waals surface area (Å²) in [5.41, 5.74) is 5.51. The Morgan fingerprint density at radius 2 is 2.27 bits per heavy atom. The molecule has 0 radical (unpaired) electrons. The fourth-order valence-electron chi connectivity index (χ4n) is 1.93. The maximum absolute atomic E-state index is 5.58. The monoisotopic (exact) mass is 206 g/mol. The van der Waals surface area contributed by atoms with Crippen LogP contribution in [0.25, 0.3) is 0 Å². The molecule has 1 aliphatic carbocycles. The predicted molar refractivity (Wildman–Crippen MR) is 59.2 cm³/mol. The minimum absolute atomic E-state index is 0.418. The molecule has 82 valence electrons. The van der Waals surface area contributed by atoms with Crippen molar-refractivity contribution in [1.82, 2.24) is 10.5 Å². The van der Waals surface area contributed by atoms with E-state index in [9.17, 15) is 0 Å². The fourth-order valence-corrected chi connectivity index (χ4v) is 1.93. The summed E-state index contributed by atoms with van der Waals surface area (Å²) in [5.74, 6) is 0. The SMILES string of the molecule is Cc1ccncc1CNOC1CCCC1. The first-order valence-corrected chi connectivity index (χ1v) is 5.64. The van der Waals surface area contributed by atoms with Crippen molar-refractivity contribution in [1.29, 1.82) is 0 Å². The minimum Gasteiger partial charge on any atom is -0.298 e. The number of nitrogens with zero attached hydrogens (tertiary/aromatic N) is 1. The highest BCUT2D eigenvalue weighted by Gasteiger charge is 2.15. The van der Waals surface area contributed by atoms with Crippen molar-refractivity contribution in [2.45, 2.75) is 45.3 Å². The first kappa shape index (κ1) is 10.6. The van der Waals surface area contributed by atoms with Gasteiger partial charge in [-0.25, -0.2) is 0 Å². The second-order valence-corrected chi connectivity index (χ2v) is 4.15. The van der Waals surface area contributed by atoms with Gasteiger partial charge in [-0.1, -0.05) is 12.8 Å². The molecule has 1 heterocycles. The molecule has 2 rings (SSSR count). The minimum atomic E-state index is 0.418. The van der Waals surface area contributed by atoms with Crippen LogP contribution in [0.1, 0.15) is 36.8 Å². The molecule has 3 heteroatoms. The lowest BCUT2D eigenvalue weighted by molar-refractivity contribution is -0.0245. The van der Waals surface area contributed by atoms with Gasteiger partial charge >= 0.3 is 0 Å². The predicted octanol–water partition coefficient (Wildman–Crippen LogP) is 2.35. The van der Waals surface area contributed by atoms with Crippen molar-refractivity contribution in [3.05, 3.63) is 29.6 Å². The molecule has 1 aromatic rings. The molecular weight excluding hydrogens is 188 g/mol. The first-order valence-electron chi connectivity index (χ1n) is 5.64. The number of hydrogen-bond donors (Lipinski definition) is 1. The fraction of sp³-hybridized carbons (Fsp3) is 0.583. The van der Waals surface area contributed by atoms with Gasteiger partial charge < -0.3 is 0 Å². The maximum Gasteiger partial charge on any atom is 0.0790 e. The van der Waals surface area contributed by atoms with Gasteiger partial charge in [-0.05, 0) is 37.0 Å². The van der Waals surface area contributed by atoms with E-state index in [1.807, 2.05) is 18.5 Å². The van der Waals surface area contributed by atoms with Crippen LogP contribution in [0.5, 0.6) is 0 Å². The van der Waals surface area contributed by atoms with E-state index in [2.05, 4.69) is 17.4 Å². The number of pyridine rings is 1. The number of aryl methyl sites for hydroxylation is 1. The van der Waals surface area contributed by atoms with Crippen LogP contribution in [-0.2, 0) is 11.4 Å². The van der Waals surface area contributed by atoms with E-state index in [0.717, 1.165) is 6.54 Å². The largest absolute Gasteiger partial charge is 0.298 e. The van der Waals surface area contributed by atoms with Crippen molar-refractivity contribution in [3.8, 4) is 0 Å². The quantitative estimate of drug-likeness (QED) is 0.768. The molecule has 0 spiro atoms. The number of hydroxylamine groups is 1. The van der Waals surface area contributed by atoms with E-state index in [4.69, 9.17) is 4.84 Å². The van der Waals surface area contributed by atoms with E-state index in [-0.39, 0.29) is 0 Å². The van der Waals surface area contributed by atoms with E-state index < -0.39 is 0 Å². The van der Waals surface area contributed by atoms with E-state index in [1.54, 1.807) is 0 Å². The Morgan fingerprint density at radius 1 is 1.47 bits per heavy atom. The van der Waals surface area contributed by atoms with Gasteiger partial charge in [0.25, 0.3) is 0 Å². The Kier molecular flexibility index (Phi) is 3.69. The van der Waals surface area contributed by atoms with E-state index in [1.165, 1.54) is 36.8 Å². The number of aromatic nitrogens is 1. The van der Waals surface area contributed by atoms with Crippen LogP contribution in [0, 0.1) is 6.92 Å². The molecule has 1 N–H and O–H groups in total. The van der Waals surface area contributed by atoms with Gasteiger partial charge in [0.15, 0.2) is 0 Å². The molecule has 0 unspecified atom stereocenters. The van der Waals surface area contributed by atoms with Crippen LogP contribution in [0.4, 0.5) is 0 Å². The smallest absolute Gasteiger partial charge is 0.0790 e. The normalized spacial score (nSPS) is 17.1. The van der Waals surface area contributed by atoms with E-state index >= 15 is 0 Å². The van der Waals surface area contributed by atoms with Crippen LogP contribution in [0.2, 0.25) is 0 Å². The van der Waals surface area contributed by atoms with Crippen LogP contribution in [0.15, 0.2) is 18.5 Å². The molecule has 15 heavy (non-hydrogen) atoms. The van der Waals surface area contributed by atoms with Crippen molar-refractivity contribution >= 4 is 0 Å². The average molecular weight is 206 g/mol. The summed E-state index contributed by atoms with van der Waals surface area (Å²) in [4.78, 5) is 9.68. The highest BCUT2D eigenvalue weighted by atomic mass is 16.7. The third-order valence-corrected chi connectivity index (χ3v) is 2.96. The Balaban J connectivity index is 1.75. The van der Waals surface area contributed by atoms with Crippen molar-refractivity contribution < 1.29 is 4.84 Å². The van der Waals surface area contributed by atoms with Gasteiger partial charge in [0.1, 0.15) is 0 Å². The summed E-state index contributed by atoms with van der Waals surface area (Å²) < 4.78 is 0. The van der Waals surface area contributed by atoms with Gasteiger partial charge in [0, 0.05) is 18.9 Å². The lowest BCUT2D eigenvalue weighted by Crippen LogP contribution is -2.21. The lowest BCUT2D eigenvalue weighted by atomic mass is 10.2. The molecule has 0 amide bonds. The second-order valence-electron chi connectivity index (χ2n) is 4.15. The van der Waals surface area contributed by atoms with Gasteiger partial charge in [0.2, 0.25) is 0 Å². The number of rotatable bonds is 4. The van der Waals surface area contributed by atoms with Gasteiger partial charge in [-0.3, -0.25) is 9.82 Å². The van der Waals surface area contributed by atoms with Gasteiger partial charge in [0.05, 0.1) is 6.10 Å². The third kappa shape index (κ3) is 3.01. The molecule has 3 nitrogen and oxygen atoms in total.